The monoisotopic (exact) mass is 270 g/mol. The zero-order valence-electron chi connectivity index (χ0n) is 11.5. The molecular formula is C16H18N2O2. The molecule has 1 unspecified atom stereocenters. The molecule has 0 radical (unpaired) electrons. The van der Waals surface area contributed by atoms with Gasteiger partial charge in [-0.15, -0.1) is 0 Å². The van der Waals surface area contributed by atoms with Crippen molar-refractivity contribution in [2.24, 2.45) is 0 Å². The lowest BCUT2D eigenvalue weighted by Crippen LogP contribution is -2.39. The van der Waals surface area contributed by atoms with Gasteiger partial charge >= 0.3 is 0 Å². The third-order valence-corrected chi connectivity index (χ3v) is 3.74. The van der Waals surface area contributed by atoms with Crippen molar-refractivity contribution in [3.05, 3.63) is 59.5 Å². The maximum Gasteiger partial charge on any atom is 0.231 e. The highest BCUT2D eigenvalue weighted by Gasteiger charge is 2.28. The number of hydrogen-bond acceptors (Lipinski definition) is 3. The van der Waals surface area contributed by atoms with Crippen molar-refractivity contribution >= 4 is 5.91 Å². The molecule has 0 fully saturated rings. The van der Waals surface area contributed by atoms with E-state index in [1.165, 1.54) is 5.56 Å². The zero-order valence-corrected chi connectivity index (χ0v) is 11.5. The Kier molecular flexibility index (Phi) is 3.56. The molecule has 1 amide bonds. The normalized spacial score (nSPS) is 17.6. The van der Waals surface area contributed by atoms with Gasteiger partial charge in [0.2, 0.25) is 5.91 Å². The first-order chi connectivity index (χ1) is 9.75. The van der Waals surface area contributed by atoms with Gasteiger partial charge in [-0.3, -0.25) is 4.79 Å². The zero-order chi connectivity index (χ0) is 13.9. The van der Waals surface area contributed by atoms with E-state index in [0.717, 1.165) is 17.9 Å². The van der Waals surface area contributed by atoms with E-state index >= 15 is 0 Å². The predicted octanol–water partition coefficient (Wildman–Crippen LogP) is 2.12. The number of fused-ring (bicyclic) bond motifs is 1. The van der Waals surface area contributed by atoms with Gasteiger partial charge in [-0.25, -0.2) is 0 Å². The summed E-state index contributed by atoms with van der Waals surface area (Å²) < 4.78 is 5.30. The topological polar surface area (TPSA) is 45.5 Å². The van der Waals surface area contributed by atoms with Gasteiger partial charge in [-0.05, 0) is 23.3 Å². The number of furan rings is 1. The second-order valence-corrected chi connectivity index (χ2v) is 5.16. The highest BCUT2D eigenvalue weighted by atomic mass is 16.3. The maximum absolute atomic E-state index is 12.6. The van der Waals surface area contributed by atoms with Gasteiger partial charge in [0.25, 0.3) is 0 Å². The fourth-order valence-electron chi connectivity index (χ4n) is 2.70. The molecule has 0 bridgehead atoms. The van der Waals surface area contributed by atoms with Gasteiger partial charge in [-0.1, -0.05) is 24.3 Å². The van der Waals surface area contributed by atoms with Crippen LogP contribution in [0.2, 0.25) is 0 Å². The molecule has 0 spiro atoms. The number of carbonyl (C=O) groups excluding carboxylic acids is 1. The van der Waals surface area contributed by atoms with Crippen LogP contribution < -0.4 is 5.32 Å². The number of nitrogens with one attached hydrogen (secondary N) is 1. The van der Waals surface area contributed by atoms with Crippen LogP contribution in [0.15, 0.2) is 47.1 Å². The molecule has 1 N–H and O–H groups in total. The minimum absolute atomic E-state index is 0.111. The van der Waals surface area contributed by atoms with Crippen molar-refractivity contribution in [1.82, 2.24) is 10.2 Å². The fraction of sp³-hybridized carbons (Fsp3) is 0.312. The van der Waals surface area contributed by atoms with Crippen LogP contribution in [-0.2, 0) is 17.9 Å². The smallest absolute Gasteiger partial charge is 0.231 e. The molecule has 1 aromatic heterocycles. The van der Waals surface area contributed by atoms with Crippen LogP contribution in [-0.4, -0.2) is 24.4 Å². The largest absolute Gasteiger partial charge is 0.467 e. The van der Waals surface area contributed by atoms with E-state index < -0.39 is 0 Å². The van der Waals surface area contributed by atoms with Crippen molar-refractivity contribution < 1.29 is 9.21 Å². The van der Waals surface area contributed by atoms with Gasteiger partial charge in [-0.2, -0.15) is 0 Å². The number of nitrogens with zero attached hydrogens (tertiary/aromatic N) is 1. The Hall–Kier alpha value is -2.07. The van der Waals surface area contributed by atoms with Crippen LogP contribution >= 0.6 is 0 Å². The third-order valence-electron chi connectivity index (χ3n) is 3.74. The summed E-state index contributed by atoms with van der Waals surface area (Å²) in [5.74, 6) is 0.818. The quantitative estimate of drug-likeness (QED) is 0.929. The van der Waals surface area contributed by atoms with Crippen molar-refractivity contribution in [3.63, 3.8) is 0 Å². The van der Waals surface area contributed by atoms with Crippen LogP contribution in [0.5, 0.6) is 0 Å². The molecule has 1 aromatic carbocycles. The Morgan fingerprint density at radius 3 is 3.00 bits per heavy atom. The number of benzene rings is 1. The number of carbonyl (C=O) groups is 1. The molecular weight excluding hydrogens is 252 g/mol. The molecule has 104 valence electrons. The minimum Gasteiger partial charge on any atom is -0.467 e. The van der Waals surface area contributed by atoms with Gasteiger partial charge in [0.15, 0.2) is 0 Å². The highest BCUT2D eigenvalue weighted by molar-refractivity contribution is 5.84. The average molecular weight is 270 g/mol. The Balaban J connectivity index is 1.77. The molecule has 20 heavy (non-hydrogen) atoms. The predicted molar refractivity (Wildman–Crippen MR) is 76.1 cm³/mol. The molecule has 0 saturated heterocycles. The summed E-state index contributed by atoms with van der Waals surface area (Å²) in [6.07, 6.45) is 1.63. The van der Waals surface area contributed by atoms with Crippen molar-refractivity contribution in [1.29, 1.82) is 0 Å². The second kappa shape index (κ2) is 5.51. The standard InChI is InChI=1S/C16H18N2O2/c1-18(11-13-6-4-8-20-13)16(19)15-10-17-9-12-5-2-3-7-14(12)15/h2-8,15,17H,9-11H2,1H3. The Morgan fingerprint density at radius 1 is 1.35 bits per heavy atom. The first-order valence-corrected chi connectivity index (χ1v) is 6.81. The molecule has 0 saturated carbocycles. The lowest BCUT2D eigenvalue weighted by atomic mass is 9.90. The molecule has 2 aromatic rings. The van der Waals surface area contributed by atoms with E-state index in [-0.39, 0.29) is 11.8 Å². The molecule has 0 aliphatic carbocycles. The van der Waals surface area contributed by atoms with Crippen LogP contribution in [0.4, 0.5) is 0 Å². The molecule has 1 aliphatic rings. The summed E-state index contributed by atoms with van der Waals surface area (Å²) in [7, 11) is 1.82. The summed E-state index contributed by atoms with van der Waals surface area (Å²) in [4.78, 5) is 14.4. The average Bonchev–Trinajstić information content (AvgIpc) is 2.99. The lowest BCUT2D eigenvalue weighted by Gasteiger charge is -2.29. The van der Waals surface area contributed by atoms with Gasteiger partial charge in [0.1, 0.15) is 5.76 Å². The SMILES string of the molecule is CN(Cc1ccco1)C(=O)C1CNCc2ccccc21. The van der Waals surface area contributed by atoms with Crippen LogP contribution in [0.25, 0.3) is 0 Å². The Morgan fingerprint density at radius 2 is 2.20 bits per heavy atom. The number of likely N-dealkylation sites (N-methyl/N-ethyl adjacent to an activating group) is 1. The minimum atomic E-state index is -0.111. The highest BCUT2D eigenvalue weighted by Crippen LogP contribution is 2.25. The summed E-state index contributed by atoms with van der Waals surface area (Å²) in [6, 6.07) is 11.9. The molecule has 2 heterocycles. The number of hydrogen-bond donors (Lipinski definition) is 1. The lowest BCUT2D eigenvalue weighted by molar-refractivity contribution is -0.132. The molecule has 4 nitrogen and oxygen atoms in total. The fourth-order valence-corrected chi connectivity index (χ4v) is 2.70. The van der Waals surface area contributed by atoms with Crippen LogP contribution in [0.3, 0.4) is 0 Å². The van der Waals surface area contributed by atoms with Gasteiger partial charge in [0.05, 0.1) is 18.7 Å². The molecule has 3 rings (SSSR count). The maximum atomic E-state index is 12.6. The molecule has 4 heteroatoms. The third kappa shape index (κ3) is 2.47. The van der Waals surface area contributed by atoms with Crippen LogP contribution in [0, 0.1) is 0 Å². The van der Waals surface area contributed by atoms with Crippen molar-refractivity contribution in [3.8, 4) is 0 Å². The molecule has 1 aliphatic heterocycles. The molecule has 1 atom stereocenters. The number of amides is 1. The number of rotatable bonds is 3. The van der Waals surface area contributed by atoms with E-state index in [0.29, 0.717) is 13.1 Å². The van der Waals surface area contributed by atoms with Crippen molar-refractivity contribution in [2.45, 2.75) is 19.0 Å². The van der Waals surface area contributed by atoms with E-state index in [4.69, 9.17) is 4.42 Å². The summed E-state index contributed by atoms with van der Waals surface area (Å²) in [6.45, 7) is 2.03. The van der Waals surface area contributed by atoms with E-state index in [2.05, 4.69) is 17.4 Å². The summed E-state index contributed by atoms with van der Waals surface area (Å²) in [5.41, 5.74) is 2.35. The van der Waals surface area contributed by atoms with Crippen LogP contribution in [0.1, 0.15) is 22.8 Å². The van der Waals surface area contributed by atoms with E-state index in [1.54, 1.807) is 11.2 Å². The van der Waals surface area contributed by atoms with E-state index in [9.17, 15) is 4.79 Å². The van der Waals surface area contributed by atoms with Gasteiger partial charge < -0.3 is 14.6 Å². The first kappa shape index (κ1) is 12.9. The Labute approximate surface area is 118 Å². The van der Waals surface area contributed by atoms with E-state index in [1.807, 2.05) is 31.3 Å². The van der Waals surface area contributed by atoms with Gasteiger partial charge in [0, 0.05) is 20.1 Å². The summed E-state index contributed by atoms with van der Waals surface area (Å²) in [5, 5.41) is 3.31. The second-order valence-electron chi connectivity index (χ2n) is 5.16. The summed E-state index contributed by atoms with van der Waals surface area (Å²) >= 11 is 0. The first-order valence-electron chi connectivity index (χ1n) is 6.81. The van der Waals surface area contributed by atoms with Crippen molar-refractivity contribution in [2.75, 3.05) is 13.6 Å². The Bertz CT molecular complexity index is 592.